The molecule has 5 nitrogen and oxygen atoms in total. The SMILES string of the molecule is Cc1cc(-c2cccc(-c3nc(N)nc(N)c3C#N)c2)ccc1F. The zero-order chi connectivity index (χ0) is 17.3. The Morgan fingerprint density at radius 3 is 2.42 bits per heavy atom. The number of halogens is 1. The Labute approximate surface area is 138 Å². The molecule has 118 valence electrons. The molecule has 0 saturated carbocycles. The van der Waals surface area contributed by atoms with E-state index in [9.17, 15) is 9.65 Å². The second kappa shape index (κ2) is 5.97. The number of aromatic nitrogens is 2. The van der Waals surface area contributed by atoms with E-state index in [4.69, 9.17) is 11.5 Å². The highest BCUT2D eigenvalue weighted by molar-refractivity contribution is 5.77. The number of nitrogens with two attached hydrogens (primary N) is 2. The van der Waals surface area contributed by atoms with Crippen molar-refractivity contribution >= 4 is 11.8 Å². The van der Waals surface area contributed by atoms with Crippen LogP contribution in [0.2, 0.25) is 0 Å². The van der Waals surface area contributed by atoms with Crippen molar-refractivity contribution in [3.05, 3.63) is 59.4 Å². The zero-order valence-corrected chi connectivity index (χ0v) is 12.9. The lowest BCUT2D eigenvalue weighted by Gasteiger charge is -2.09. The van der Waals surface area contributed by atoms with Crippen LogP contribution in [-0.4, -0.2) is 9.97 Å². The minimum absolute atomic E-state index is 0.00419. The van der Waals surface area contributed by atoms with Gasteiger partial charge in [-0.25, -0.2) is 9.37 Å². The molecule has 0 fully saturated rings. The molecule has 0 saturated heterocycles. The molecular weight excluding hydrogens is 305 g/mol. The summed E-state index contributed by atoms with van der Waals surface area (Å²) < 4.78 is 13.5. The first-order valence-corrected chi connectivity index (χ1v) is 7.19. The molecule has 0 unspecified atom stereocenters. The van der Waals surface area contributed by atoms with Crippen LogP contribution in [0, 0.1) is 24.1 Å². The van der Waals surface area contributed by atoms with Crippen molar-refractivity contribution in [1.29, 1.82) is 5.26 Å². The molecule has 2 aromatic carbocycles. The summed E-state index contributed by atoms with van der Waals surface area (Å²) in [6.45, 7) is 1.71. The summed E-state index contributed by atoms with van der Waals surface area (Å²) in [7, 11) is 0. The Balaban J connectivity index is 2.16. The molecule has 0 aliphatic heterocycles. The van der Waals surface area contributed by atoms with Crippen LogP contribution in [0.1, 0.15) is 11.1 Å². The first-order chi connectivity index (χ1) is 11.5. The minimum atomic E-state index is -0.252. The lowest BCUT2D eigenvalue weighted by Crippen LogP contribution is -2.05. The number of nitrogens with zero attached hydrogens (tertiary/aromatic N) is 3. The maximum absolute atomic E-state index is 13.5. The first-order valence-electron chi connectivity index (χ1n) is 7.19. The Morgan fingerprint density at radius 2 is 1.71 bits per heavy atom. The van der Waals surface area contributed by atoms with E-state index in [0.29, 0.717) is 16.8 Å². The first kappa shape index (κ1) is 15.4. The van der Waals surface area contributed by atoms with Crippen LogP contribution in [0.3, 0.4) is 0 Å². The molecule has 0 amide bonds. The summed E-state index contributed by atoms with van der Waals surface area (Å²) in [4.78, 5) is 7.96. The summed E-state index contributed by atoms with van der Waals surface area (Å²) in [6, 6.07) is 14.3. The third-order valence-corrected chi connectivity index (χ3v) is 3.69. The van der Waals surface area contributed by atoms with Crippen LogP contribution in [0.5, 0.6) is 0 Å². The molecular formula is C18H14FN5. The van der Waals surface area contributed by atoms with E-state index in [1.165, 1.54) is 6.07 Å². The lowest BCUT2D eigenvalue weighted by molar-refractivity contribution is 0.619. The molecule has 4 N–H and O–H groups in total. The van der Waals surface area contributed by atoms with Gasteiger partial charge in [0.2, 0.25) is 5.95 Å². The van der Waals surface area contributed by atoms with Gasteiger partial charge in [0.25, 0.3) is 0 Å². The topological polar surface area (TPSA) is 102 Å². The fraction of sp³-hybridized carbons (Fsp3) is 0.0556. The molecule has 6 heteroatoms. The molecule has 24 heavy (non-hydrogen) atoms. The molecule has 0 aliphatic rings. The average Bonchev–Trinajstić information content (AvgIpc) is 2.57. The number of nitrogen functional groups attached to an aromatic ring is 2. The lowest BCUT2D eigenvalue weighted by atomic mass is 9.99. The molecule has 0 atom stereocenters. The van der Waals surface area contributed by atoms with E-state index in [2.05, 4.69) is 9.97 Å². The Hall–Kier alpha value is -3.46. The number of benzene rings is 2. The molecule has 0 spiro atoms. The average molecular weight is 319 g/mol. The van der Waals surface area contributed by atoms with Crippen LogP contribution in [0.15, 0.2) is 42.5 Å². The van der Waals surface area contributed by atoms with Crippen LogP contribution < -0.4 is 11.5 Å². The van der Waals surface area contributed by atoms with Gasteiger partial charge in [-0.1, -0.05) is 24.3 Å². The predicted octanol–water partition coefficient (Wildman–Crippen LogP) is 3.29. The summed E-state index contributed by atoms with van der Waals surface area (Å²) in [5.74, 6) is -0.203. The van der Waals surface area contributed by atoms with Gasteiger partial charge >= 0.3 is 0 Å². The standard InChI is InChI=1S/C18H14FN5/c1-10-7-12(5-6-15(10)19)11-3-2-4-13(8-11)16-14(9-20)17(21)24-18(22)23-16/h2-8H,1H3,(H4,21,22,23,24). The van der Waals surface area contributed by atoms with Crippen molar-refractivity contribution in [3.8, 4) is 28.5 Å². The monoisotopic (exact) mass is 319 g/mol. The predicted molar refractivity (Wildman–Crippen MR) is 91.1 cm³/mol. The van der Waals surface area contributed by atoms with Crippen molar-refractivity contribution in [1.82, 2.24) is 9.97 Å². The Bertz CT molecular complexity index is 976. The van der Waals surface area contributed by atoms with Crippen molar-refractivity contribution in [2.45, 2.75) is 6.92 Å². The molecule has 0 bridgehead atoms. The van der Waals surface area contributed by atoms with Crippen LogP contribution in [-0.2, 0) is 0 Å². The van der Waals surface area contributed by atoms with Crippen molar-refractivity contribution in [2.75, 3.05) is 11.5 Å². The fourth-order valence-electron chi connectivity index (χ4n) is 2.49. The fourth-order valence-corrected chi connectivity index (χ4v) is 2.49. The van der Waals surface area contributed by atoms with Gasteiger partial charge in [0, 0.05) is 5.56 Å². The summed E-state index contributed by atoms with van der Waals surface area (Å²) in [6.07, 6.45) is 0. The van der Waals surface area contributed by atoms with E-state index >= 15 is 0 Å². The number of hydrogen-bond donors (Lipinski definition) is 2. The summed E-state index contributed by atoms with van der Waals surface area (Å²) in [5, 5.41) is 9.31. The maximum Gasteiger partial charge on any atom is 0.222 e. The zero-order valence-electron chi connectivity index (χ0n) is 12.9. The van der Waals surface area contributed by atoms with Gasteiger partial charge in [-0.2, -0.15) is 10.2 Å². The molecule has 3 rings (SSSR count). The number of aryl methyl sites for hydroxylation is 1. The third kappa shape index (κ3) is 2.75. The molecule has 1 aromatic heterocycles. The minimum Gasteiger partial charge on any atom is -0.382 e. The van der Waals surface area contributed by atoms with Crippen LogP contribution in [0.4, 0.5) is 16.2 Å². The van der Waals surface area contributed by atoms with Crippen molar-refractivity contribution in [2.24, 2.45) is 0 Å². The highest BCUT2D eigenvalue weighted by atomic mass is 19.1. The van der Waals surface area contributed by atoms with Crippen molar-refractivity contribution < 1.29 is 4.39 Å². The van der Waals surface area contributed by atoms with Gasteiger partial charge < -0.3 is 11.5 Å². The highest BCUT2D eigenvalue weighted by Crippen LogP contribution is 2.30. The number of nitriles is 1. The third-order valence-electron chi connectivity index (χ3n) is 3.69. The van der Waals surface area contributed by atoms with Gasteiger partial charge in [0.05, 0.1) is 5.69 Å². The smallest absolute Gasteiger partial charge is 0.222 e. The van der Waals surface area contributed by atoms with E-state index in [0.717, 1.165) is 11.1 Å². The van der Waals surface area contributed by atoms with E-state index in [-0.39, 0.29) is 23.1 Å². The van der Waals surface area contributed by atoms with Crippen molar-refractivity contribution in [3.63, 3.8) is 0 Å². The molecule has 3 aromatic rings. The molecule has 0 radical (unpaired) electrons. The van der Waals surface area contributed by atoms with Crippen LogP contribution >= 0.6 is 0 Å². The van der Waals surface area contributed by atoms with E-state index < -0.39 is 0 Å². The quantitative estimate of drug-likeness (QED) is 0.754. The number of hydrogen-bond acceptors (Lipinski definition) is 5. The number of anilines is 2. The van der Waals surface area contributed by atoms with E-state index in [1.54, 1.807) is 19.1 Å². The Kier molecular flexibility index (Phi) is 3.84. The highest BCUT2D eigenvalue weighted by Gasteiger charge is 2.14. The summed E-state index contributed by atoms with van der Waals surface area (Å²) >= 11 is 0. The number of rotatable bonds is 2. The van der Waals surface area contributed by atoms with Gasteiger partial charge in [-0.3, -0.25) is 0 Å². The normalized spacial score (nSPS) is 10.4. The van der Waals surface area contributed by atoms with E-state index in [1.807, 2.05) is 30.3 Å². The van der Waals surface area contributed by atoms with Gasteiger partial charge in [0.1, 0.15) is 23.3 Å². The second-order valence-electron chi connectivity index (χ2n) is 5.35. The van der Waals surface area contributed by atoms with Gasteiger partial charge in [-0.15, -0.1) is 0 Å². The molecule has 0 aliphatic carbocycles. The largest absolute Gasteiger partial charge is 0.382 e. The van der Waals surface area contributed by atoms with Gasteiger partial charge in [0.15, 0.2) is 0 Å². The molecule has 1 heterocycles. The second-order valence-corrected chi connectivity index (χ2v) is 5.35. The van der Waals surface area contributed by atoms with Crippen LogP contribution in [0.25, 0.3) is 22.4 Å². The van der Waals surface area contributed by atoms with Gasteiger partial charge in [-0.05, 0) is 41.8 Å². The Morgan fingerprint density at radius 1 is 1.00 bits per heavy atom. The summed E-state index contributed by atoms with van der Waals surface area (Å²) in [5.41, 5.74) is 15.0. The maximum atomic E-state index is 13.5.